The second-order valence-corrected chi connectivity index (χ2v) is 15.0. The molecule has 0 saturated carbocycles. The van der Waals surface area contributed by atoms with Crippen molar-refractivity contribution >= 4 is 16.1 Å². The van der Waals surface area contributed by atoms with Crippen LogP contribution in [0.2, 0.25) is 31.4 Å². The van der Waals surface area contributed by atoms with Gasteiger partial charge in [0, 0.05) is 0 Å². The first-order valence-electron chi connectivity index (χ1n) is 4.07. The molecular formula is C8H18Si2. The summed E-state index contributed by atoms with van der Waals surface area (Å²) < 4.78 is 0. The molecule has 1 aliphatic rings. The van der Waals surface area contributed by atoms with Crippen LogP contribution in [0.1, 0.15) is 6.92 Å². The fraction of sp³-hybridized carbons (Fsp3) is 0.750. The van der Waals surface area contributed by atoms with Gasteiger partial charge in [-0.1, -0.05) is 33.1 Å². The minimum absolute atomic E-state index is 0.898. The molecule has 0 spiro atoms. The van der Waals surface area contributed by atoms with Crippen molar-refractivity contribution in [3.63, 3.8) is 0 Å². The molecule has 2 heteroatoms. The third-order valence-electron chi connectivity index (χ3n) is 3.17. The van der Waals surface area contributed by atoms with Crippen LogP contribution in [0.5, 0.6) is 0 Å². The van der Waals surface area contributed by atoms with E-state index in [1.165, 1.54) is 0 Å². The molecule has 0 N–H and O–H groups in total. The van der Waals surface area contributed by atoms with Crippen molar-refractivity contribution in [1.29, 1.82) is 0 Å². The first kappa shape index (κ1) is 8.27. The molecule has 0 aromatic carbocycles. The van der Waals surface area contributed by atoms with Gasteiger partial charge < -0.3 is 0 Å². The Labute approximate surface area is 66.4 Å². The molecule has 0 aliphatic carbocycles. The minimum Gasteiger partial charge on any atom is -0.102 e. The van der Waals surface area contributed by atoms with E-state index in [9.17, 15) is 0 Å². The molecular weight excluding hydrogens is 152 g/mol. The first-order valence-corrected chi connectivity index (χ1v) is 10.4. The third-order valence-corrected chi connectivity index (χ3v) is 14.5. The van der Waals surface area contributed by atoms with E-state index in [2.05, 4.69) is 44.5 Å². The van der Waals surface area contributed by atoms with E-state index in [1.54, 1.807) is 0 Å². The van der Waals surface area contributed by atoms with Crippen molar-refractivity contribution in [2.45, 2.75) is 38.3 Å². The van der Waals surface area contributed by atoms with E-state index in [-0.39, 0.29) is 0 Å². The van der Waals surface area contributed by atoms with Crippen LogP contribution >= 0.6 is 0 Å². The fourth-order valence-electron chi connectivity index (χ4n) is 1.68. The van der Waals surface area contributed by atoms with Crippen LogP contribution in [0.4, 0.5) is 0 Å². The third kappa shape index (κ3) is 1.14. The Kier molecular flexibility index (Phi) is 1.72. The maximum atomic E-state index is 2.55. The summed E-state index contributed by atoms with van der Waals surface area (Å²) >= 11 is 0. The normalized spacial score (nSPS) is 29.3. The van der Waals surface area contributed by atoms with Gasteiger partial charge in [-0.15, -0.1) is 11.4 Å². The molecule has 0 aromatic rings. The van der Waals surface area contributed by atoms with Crippen molar-refractivity contribution in [1.82, 2.24) is 0 Å². The Morgan fingerprint density at radius 2 is 1.20 bits per heavy atom. The number of hydrogen-bond donors (Lipinski definition) is 0. The van der Waals surface area contributed by atoms with Crippen LogP contribution in [0.25, 0.3) is 0 Å². The summed E-state index contributed by atoms with van der Waals surface area (Å²) in [6.45, 7) is 12.4. The molecule has 0 amide bonds. The average molecular weight is 170 g/mol. The van der Waals surface area contributed by atoms with Crippen LogP contribution in [0.3, 0.4) is 0 Å². The van der Waals surface area contributed by atoms with Gasteiger partial charge in [-0.05, 0) is 5.16 Å². The second kappa shape index (κ2) is 2.08. The van der Waals surface area contributed by atoms with Crippen LogP contribution in [0.15, 0.2) is 11.4 Å². The maximum absolute atomic E-state index is 2.55. The second-order valence-electron chi connectivity index (χ2n) is 4.70. The van der Waals surface area contributed by atoms with E-state index in [0.717, 1.165) is 5.16 Å². The maximum Gasteiger partial charge on any atom is 0.0713 e. The standard InChI is InChI=1S/C8H18Si2/c1-8-9(2,3)6-7-10(8,4)5/h6-8H,1-5H3. The van der Waals surface area contributed by atoms with Crippen molar-refractivity contribution in [2.75, 3.05) is 0 Å². The Balaban J connectivity index is 2.88. The summed E-state index contributed by atoms with van der Waals surface area (Å²) in [5.74, 6) is 0. The Bertz CT molecular complexity index is 150. The minimum atomic E-state index is -0.898. The molecule has 0 unspecified atom stereocenters. The molecule has 0 aromatic heterocycles. The van der Waals surface area contributed by atoms with E-state index < -0.39 is 16.1 Å². The van der Waals surface area contributed by atoms with Crippen molar-refractivity contribution < 1.29 is 0 Å². The molecule has 10 heavy (non-hydrogen) atoms. The highest BCUT2D eigenvalue weighted by molar-refractivity contribution is 7.05. The zero-order valence-electron chi connectivity index (χ0n) is 7.73. The molecule has 0 atom stereocenters. The van der Waals surface area contributed by atoms with Crippen LogP contribution in [-0.4, -0.2) is 16.1 Å². The highest BCUT2D eigenvalue weighted by Gasteiger charge is 2.41. The zero-order chi connectivity index (χ0) is 7.99. The monoisotopic (exact) mass is 170 g/mol. The lowest BCUT2D eigenvalue weighted by molar-refractivity contribution is 1.22. The van der Waals surface area contributed by atoms with E-state index in [0.29, 0.717) is 0 Å². The van der Waals surface area contributed by atoms with Gasteiger partial charge in [-0.2, -0.15) is 0 Å². The largest absolute Gasteiger partial charge is 0.102 e. The zero-order valence-corrected chi connectivity index (χ0v) is 9.73. The van der Waals surface area contributed by atoms with Crippen LogP contribution in [-0.2, 0) is 0 Å². The van der Waals surface area contributed by atoms with Gasteiger partial charge in [-0.25, -0.2) is 0 Å². The lowest BCUT2D eigenvalue weighted by Crippen LogP contribution is -2.37. The van der Waals surface area contributed by atoms with Crippen molar-refractivity contribution in [3.05, 3.63) is 11.4 Å². The number of hydrogen-bond acceptors (Lipinski definition) is 0. The van der Waals surface area contributed by atoms with Crippen LogP contribution < -0.4 is 0 Å². The van der Waals surface area contributed by atoms with E-state index >= 15 is 0 Å². The van der Waals surface area contributed by atoms with Gasteiger partial charge in [0.2, 0.25) is 0 Å². The topological polar surface area (TPSA) is 0 Å². The van der Waals surface area contributed by atoms with Gasteiger partial charge >= 0.3 is 0 Å². The summed E-state index contributed by atoms with van der Waals surface area (Å²) in [6.07, 6.45) is 0. The number of rotatable bonds is 0. The van der Waals surface area contributed by atoms with Gasteiger partial charge in [-0.3, -0.25) is 0 Å². The summed E-state index contributed by atoms with van der Waals surface area (Å²) in [4.78, 5) is 0. The Morgan fingerprint density at radius 1 is 0.900 bits per heavy atom. The van der Waals surface area contributed by atoms with Crippen molar-refractivity contribution in [3.8, 4) is 0 Å². The fourth-order valence-corrected chi connectivity index (χ4v) is 13.9. The Morgan fingerprint density at radius 3 is 1.30 bits per heavy atom. The molecule has 0 radical (unpaired) electrons. The lowest BCUT2D eigenvalue weighted by Gasteiger charge is -2.29. The van der Waals surface area contributed by atoms with Gasteiger partial charge in [0.05, 0.1) is 16.1 Å². The van der Waals surface area contributed by atoms with Crippen LogP contribution in [0, 0.1) is 0 Å². The van der Waals surface area contributed by atoms with Crippen molar-refractivity contribution in [2.24, 2.45) is 0 Å². The molecule has 0 saturated heterocycles. The van der Waals surface area contributed by atoms with E-state index in [4.69, 9.17) is 0 Å². The highest BCUT2D eigenvalue weighted by Crippen LogP contribution is 2.38. The predicted octanol–water partition coefficient (Wildman–Crippen LogP) is 2.98. The molecule has 0 bridgehead atoms. The molecule has 1 rings (SSSR count). The highest BCUT2D eigenvalue weighted by atomic mass is 28.4. The van der Waals surface area contributed by atoms with Gasteiger partial charge in [0.15, 0.2) is 0 Å². The molecule has 58 valence electrons. The Hall–Kier alpha value is 0.174. The average Bonchev–Trinajstić information content (AvgIpc) is 1.95. The molecule has 1 heterocycles. The summed E-state index contributed by atoms with van der Waals surface area (Å²) in [6, 6.07) is 0. The molecule has 1 aliphatic heterocycles. The summed E-state index contributed by atoms with van der Waals surface area (Å²) in [5.41, 5.74) is 5.09. The predicted molar refractivity (Wildman–Crippen MR) is 53.5 cm³/mol. The van der Waals surface area contributed by atoms with Gasteiger partial charge in [0.25, 0.3) is 0 Å². The quantitative estimate of drug-likeness (QED) is 0.490. The van der Waals surface area contributed by atoms with Gasteiger partial charge in [0.1, 0.15) is 0 Å². The first-order chi connectivity index (χ1) is 4.36. The summed E-state index contributed by atoms with van der Waals surface area (Å²) in [5, 5.41) is 1.04. The summed E-state index contributed by atoms with van der Waals surface area (Å²) in [7, 11) is -1.80. The van der Waals surface area contributed by atoms with E-state index in [1.807, 2.05) is 0 Å². The molecule has 0 fully saturated rings. The lowest BCUT2D eigenvalue weighted by atomic mass is 10.9. The smallest absolute Gasteiger partial charge is 0.0713 e. The SMILES string of the molecule is CC1[Si](C)(C)C=C[Si]1(C)C. The molecule has 0 nitrogen and oxygen atoms in total.